The van der Waals surface area contributed by atoms with Crippen LogP contribution in [-0.4, -0.2) is 115 Å². The first-order valence-corrected chi connectivity index (χ1v) is 21.6. The third kappa shape index (κ3) is 14.1. The zero-order valence-electron chi connectivity index (χ0n) is 34.9. The molecule has 330 valence electrons. The van der Waals surface area contributed by atoms with Crippen molar-refractivity contribution in [3.8, 4) is 0 Å². The second-order valence-corrected chi connectivity index (χ2v) is 17.3. The Morgan fingerprint density at radius 2 is 1.57 bits per heavy atom. The fourth-order valence-corrected chi connectivity index (χ4v) is 8.30. The number of amides is 6. The minimum absolute atomic E-state index is 0.0109. The van der Waals surface area contributed by atoms with E-state index in [2.05, 4.69) is 20.7 Å². The van der Waals surface area contributed by atoms with Crippen LogP contribution in [0.4, 0.5) is 5.69 Å². The monoisotopic (exact) mass is 856 g/mol. The Morgan fingerprint density at radius 3 is 2.13 bits per heavy atom. The van der Waals surface area contributed by atoms with Crippen LogP contribution in [-0.2, 0) is 38.8 Å². The van der Waals surface area contributed by atoms with Gasteiger partial charge in [-0.3, -0.25) is 33.6 Å². The fourth-order valence-electron chi connectivity index (χ4n) is 7.08. The van der Waals surface area contributed by atoms with E-state index in [0.29, 0.717) is 37.1 Å². The van der Waals surface area contributed by atoms with Gasteiger partial charge in [0.05, 0.1) is 4.90 Å². The van der Waals surface area contributed by atoms with E-state index in [0.717, 1.165) is 0 Å². The van der Waals surface area contributed by atoms with E-state index in [1.807, 2.05) is 27.7 Å². The molecule has 2 aromatic rings. The number of sulfonamides is 1. The summed E-state index contributed by atoms with van der Waals surface area (Å²) in [5.41, 5.74) is 11.9. The van der Waals surface area contributed by atoms with E-state index in [-0.39, 0.29) is 54.5 Å². The molecule has 1 heterocycles. The molecule has 0 radical (unpaired) electrons. The van der Waals surface area contributed by atoms with E-state index < -0.39 is 82.5 Å². The number of likely N-dealkylation sites (N-methyl/N-ethyl adjacent to an activating group) is 1. The Kier molecular flexibility index (Phi) is 18.6. The summed E-state index contributed by atoms with van der Waals surface area (Å²) in [6.07, 6.45) is 1.04. The van der Waals surface area contributed by atoms with Crippen molar-refractivity contribution in [3.05, 3.63) is 60.2 Å². The van der Waals surface area contributed by atoms with Crippen molar-refractivity contribution in [2.24, 2.45) is 23.3 Å². The highest BCUT2D eigenvalue weighted by Crippen LogP contribution is 2.26. The van der Waals surface area contributed by atoms with Crippen molar-refractivity contribution in [2.45, 2.75) is 114 Å². The molecule has 6 atom stereocenters. The molecule has 2 aromatic carbocycles. The molecular formula is C41H60N8O10S. The SMILES string of the molecule is CC[C@H](C)[C@@H](C(=O)N1CCC[C@H]1CC(N)=O)N(C)C(=O)[C@H](CC(C)C)NC(=O)[C@H](CCN)NC(=O)CC[C@@H](NS(=O)(=O)c1ccc(NC(=O)c2ccccc2)cc1)C(=O)O. The number of anilines is 1. The van der Waals surface area contributed by atoms with Gasteiger partial charge in [-0.05, 0) is 86.9 Å². The molecule has 0 bridgehead atoms. The van der Waals surface area contributed by atoms with Gasteiger partial charge >= 0.3 is 5.97 Å². The predicted octanol–water partition coefficient (Wildman–Crippen LogP) is 1.55. The van der Waals surface area contributed by atoms with Crippen molar-refractivity contribution < 1.29 is 47.1 Å². The van der Waals surface area contributed by atoms with Gasteiger partial charge in [0.25, 0.3) is 5.91 Å². The number of rotatable bonds is 23. The molecule has 18 nitrogen and oxygen atoms in total. The van der Waals surface area contributed by atoms with Crippen molar-refractivity contribution in [3.63, 3.8) is 0 Å². The van der Waals surface area contributed by atoms with Gasteiger partial charge < -0.3 is 42.3 Å². The molecule has 6 amide bonds. The van der Waals surface area contributed by atoms with Crippen LogP contribution >= 0.6 is 0 Å². The summed E-state index contributed by atoms with van der Waals surface area (Å²) in [6, 6.07) is 8.12. The van der Waals surface area contributed by atoms with Crippen LogP contribution in [0.25, 0.3) is 0 Å². The zero-order valence-corrected chi connectivity index (χ0v) is 35.7. The number of benzene rings is 2. The van der Waals surface area contributed by atoms with Crippen molar-refractivity contribution in [2.75, 3.05) is 25.5 Å². The van der Waals surface area contributed by atoms with Crippen LogP contribution in [0.15, 0.2) is 59.5 Å². The summed E-state index contributed by atoms with van der Waals surface area (Å²) in [7, 11) is -2.90. The number of primary amides is 1. The number of carbonyl (C=O) groups is 7. The van der Waals surface area contributed by atoms with Gasteiger partial charge in [-0.15, -0.1) is 0 Å². The molecule has 0 aliphatic carbocycles. The maximum absolute atomic E-state index is 14.2. The van der Waals surface area contributed by atoms with Crippen molar-refractivity contribution in [1.29, 1.82) is 0 Å². The van der Waals surface area contributed by atoms with Gasteiger partial charge in [0.15, 0.2) is 0 Å². The maximum Gasteiger partial charge on any atom is 0.321 e. The molecular weight excluding hydrogens is 797 g/mol. The average Bonchev–Trinajstić information content (AvgIpc) is 3.66. The highest BCUT2D eigenvalue weighted by atomic mass is 32.2. The van der Waals surface area contributed by atoms with Gasteiger partial charge in [0.2, 0.25) is 39.6 Å². The lowest BCUT2D eigenvalue weighted by atomic mass is 9.94. The first kappa shape index (κ1) is 49.0. The second kappa shape index (κ2) is 22.8. The summed E-state index contributed by atoms with van der Waals surface area (Å²) >= 11 is 0. The number of likely N-dealkylation sites (tertiary alicyclic amines) is 1. The van der Waals surface area contributed by atoms with Gasteiger partial charge in [-0.25, -0.2) is 8.42 Å². The number of nitrogens with one attached hydrogen (secondary N) is 4. The molecule has 0 spiro atoms. The van der Waals surface area contributed by atoms with Crippen LogP contribution in [0, 0.1) is 11.8 Å². The quantitative estimate of drug-likeness (QED) is 0.0842. The minimum Gasteiger partial charge on any atom is -0.480 e. The lowest BCUT2D eigenvalue weighted by molar-refractivity contribution is -0.149. The minimum atomic E-state index is -4.40. The number of carbonyl (C=O) groups excluding carboxylic acids is 6. The summed E-state index contributed by atoms with van der Waals surface area (Å²) in [5, 5.41) is 17.8. The standard InChI is InChI=1S/C41H60N8O10S/c1-6-26(4)36(40(55)49-22-10-13-29(49)24-34(43)50)48(5)39(54)33(23-25(2)3)46-38(53)31(20-21-42)45-35(51)19-18-32(41(56)57)47-60(58,59)30-16-14-28(15-17-30)44-37(52)27-11-8-7-9-12-27/h7-9,11-12,14-17,25-26,29,31-33,36,47H,6,10,13,18-24,42H2,1-5H3,(H2,43,50)(H,44,52)(H,45,51)(H,46,53)(H,56,57)/t26-,29-,31-,32+,33-,36-/m0/s1. The number of hydrogen-bond acceptors (Lipinski definition) is 10. The zero-order chi connectivity index (χ0) is 44.7. The number of carboxylic acid groups (broad SMARTS) is 1. The van der Waals surface area contributed by atoms with Gasteiger partial charge in [-0.2, -0.15) is 4.72 Å². The van der Waals surface area contributed by atoms with Crippen molar-refractivity contribution in [1.82, 2.24) is 25.2 Å². The smallest absolute Gasteiger partial charge is 0.321 e. The van der Waals surface area contributed by atoms with E-state index >= 15 is 0 Å². The largest absolute Gasteiger partial charge is 0.480 e. The molecule has 1 saturated heterocycles. The van der Waals surface area contributed by atoms with Crippen LogP contribution in [0.3, 0.4) is 0 Å². The van der Waals surface area contributed by atoms with Crippen molar-refractivity contribution >= 4 is 57.1 Å². The molecule has 0 saturated carbocycles. The lowest BCUT2D eigenvalue weighted by Crippen LogP contribution is -2.59. The highest BCUT2D eigenvalue weighted by Gasteiger charge is 2.41. The normalized spacial score (nSPS) is 16.5. The maximum atomic E-state index is 14.2. The Labute approximate surface area is 351 Å². The number of nitrogens with two attached hydrogens (primary N) is 2. The third-order valence-corrected chi connectivity index (χ3v) is 11.9. The molecule has 0 unspecified atom stereocenters. The van der Waals surface area contributed by atoms with Crippen LogP contribution in [0.5, 0.6) is 0 Å². The molecule has 1 aliphatic heterocycles. The van der Waals surface area contributed by atoms with E-state index in [1.165, 1.54) is 36.2 Å². The average molecular weight is 857 g/mol. The molecule has 19 heteroatoms. The first-order valence-electron chi connectivity index (χ1n) is 20.2. The first-order chi connectivity index (χ1) is 28.3. The summed E-state index contributed by atoms with van der Waals surface area (Å²) in [6.45, 7) is 7.84. The molecule has 60 heavy (non-hydrogen) atoms. The molecule has 3 rings (SSSR count). The van der Waals surface area contributed by atoms with Crippen LogP contribution in [0.2, 0.25) is 0 Å². The third-order valence-electron chi connectivity index (χ3n) is 10.4. The predicted molar refractivity (Wildman–Crippen MR) is 223 cm³/mol. The number of hydrogen-bond donors (Lipinski definition) is 7. The number of nitrogens with zero attached hydrogens (tertiary/aromatic N) is 2. The highest BCUT2D eigenvalue weighted by molar-refractivity contribution is 7.89. The van der Waals surface area contributed by atoms with Gasteiger partial charge in [0, 0.05) is 43.7 Å². The van der Waals surface area contributed by atoms with Crippen LogP contribution < -0.4 is 32.1 Å². The van der Waals surface area contributed by atoms with Gasteiger partial charge in [-0.1, -0.05) is 52.3 Å². The van der Waals surface area contributed by atoms with E-state index in [4.69, 9.17) is 11.5 Å². The topological polar surface area (TPSA) is 280 Å². The fraction of sp³-hybridized carbons (Fsp3) is 0.537. The molecule has 9 N–H and O–H groups in total. The lowest BCUT2D eigenvalue weighted by Gasteiger charge is -2.38. The summed E-state index contributed by atoms with van der Waals surface area (Å²) < 4.78 is 28.4. The summed E-state index contributed by atoms with van der Waals surface area (Å²) in [5.74, 6) is -5.18. The Bertz CT molecular complexity index is 1930. The summed E-state index contributed by atoms with van der Waals surface area (Å²) in [4.78, 5) is 94.0. The number of carboxylic acids is 1. The Balaban J connectivity index is 1.68. The van der Waals surface area contributed by atoms with E-state index in [1.54, 1.807) is 35.2 Å². The van der Waals surface area contributed by atoms with E-state index in [9.17, 15) is 47.1 Å². The van der Waals surface area contributed by atoms with Crippen LogP contribution in [0.1, 0.15) is 89.4 Å². The van der Waals surface area contributed by atoms with Gasteiger partial charge in [0.1, 0.15) is 24.2 Å². The Hall–Kier alpha value is -5.40. The molecule has 1 aliphatic rings. The molecule has 0 aromatic heterocycles. The Morgan fingerprint density at radius 1 is 0.917 bits per heavy atom. The molecule has 1 fully saturated rings. The number of aliphatic carboxylic acids is 1. The second-order valence-electron chi connectivity index (χ2n) is 15.6.